The zero-order valence-corrected chi connectivity index (χ0v) is 6.68. The molecule has 1 aromatic heterocycles. The smallest absolute Gasteiger partial charge is 0.238 e. The number of thiophene rings is 1. The van der Waals surface area contributed by atoms with E-state index in [9.17, 15) is 4.79 Å². The summed E-state index contributed by atoms with van der Waals surface area (Å²) in [6.45, 7) is 1.79. The number of carbonyl (C=O) groups is 1. The van der Waals surface area contributed by atoms with Crippen molar-refractivity contribution >= 4 is 17.6 Å². The maximum Gasteiger partial charge on any atom is 0.238 e. The summed E-state index contributed by atoms with van der Waals surface area (Å²) in [5, 5.41) is 1.78. The molecule has 4 heteroatoms. The van der Waals surface area contributed by atoms with Gasteiger partial charge < -0.3 is 9.47 Å². The zero-order valence-electron chi connectivity index (χ0n) is 5.87. The van der Waals surface area contributed by atoms with Crippen molar-refractivity contribution in [1.82, 2.24) is 0 Å². The van der Waals surface area contributed by atoms with E-state index in [2.05, 4.69) is 0 Å². The van der Waals surface area contributed by atoms with Crippen LogP contribution in [0.3, 0.4) is 0 Å². The van der Waals surface area contributed by atoms with E-state index in [-0.39, 0.29) is 6.29 Å². The molecule has 2 heterocycles. The van der Waals surface area contributed by atoms with Crippen LogP contribution in [-0.2, 0) is 0 Å². The SMILES string of the molecule is CC1Oc2csc(C=O)c2O1. The molecule has 0 N–H and O–H groups in total. The fourth-order valence-corrected chi connectivity index (χ4v) is 1.70. The molecule has 0 amide bonds. The summed E-state index contributed by atoms with van der Waals surface area (Å²) in [5.74, 6) is 1.28. The van der Waals surface area contributed by atoms with Crippen LogP contribution in [0.25, 0.3) is 0 Å². The van der Waals surface area contributed by atoms with Crippen LogP contribution < -0.4 is 9.47 Å². The highest BCUT2D eigenvalue weighted by Gasteiger charge is 2.24. The van der Waals surface area contributed by atoms with Crippen LogP contribution in [0.2, 0.25) is 0 Å². The first-order chi connectivity index (χ1) is 5.31. The van der Waals surface area contributed by atoms with Gasteiger partial charge in [-0.1, -0.05) is 0 Å². The molecule has 0 saturated heterocycles. The summed E-state index contributed by atoms with van der Waals surface area (Å²) < 4.78 is 10.4. The third-order valence-electron chi connectivity index (χ3n) is 1.42. The molecule has 1 aliphatic rings. The second-order valence-corrected chi connectivity index (χ2v) is 3.13. The van der Waals surface area contributed by atoms with E-state index in [1.807, 2.05) is 0 Å². The Morgan fingerprint density at radius 1 is 1.64 bits per heavy atom. The number of hydrogen-bond acceptors (Lipinski definition) is 4. The van der Waals surface area contributed by atoms with Crippen molar-refractivity contribution in [2.45, 2.75) is 13.2 Å². The van der Waals surface area contributed by atoms with Crippen molar-refractivity contribution < 1.29 is 14.3 Å². The Hall–Kier alpha value is -1.03. The Balaban J connectivity index is 2.44. The topological polar surface area (TPSA) is 35.5 Å². The van der Waals surface area contributed by atoms with Gasteiger partial charge in [-0.05, 0) is 0 Å². The third kappa shape index (κ3) is 0.903. The van der Waals surface area contributed by atoms with Gasteiger partial charge in [0.1, 0.15) is 4.88 Å². The number of ether oxygens (including phenoxy) is 2. The highest BCUT2D eigenvalue weighted by molar-refractivity contribution is 7.12. The number of hydrogen-bond donors (Lipinski definition) is 0. The van der Waals surface area contributed by atoms with Gasteiger partial charge in [0.05, 0.1) is 0 Å². The van der Waals surface area contributed by atoms with E-state index >= 15 is 0 Å². The van der Waals surface area contributed by atoms with Gasteiger partial charge in [0.25, 0.3) is 0 Å². The Labute approximate surface area is 67.5 Å². The molecular formula is C7H6O3S. The predicted octanol–water partition coefficient (Wildman–Crippen LogP) is 1.68. The minimum atomic E-state index is -0.257. The number of rotatable bonds is 1. The lowest BCUT2D eigenvalue weighted by Crippen LogP contribution is -2.11. The molecule has 3 nitrogen and oxygen atoms in total. The number of carbonyl (C=O) groups excluding carboxylic acids is 1. The quantitative estimate of drug-likeness (QED) is 0.601. The van der Waals surface area contributed by atoms with Gasteiger partial charge in [-0.15, -0.1) is 11.3 Å². The van der Waals surface area contributed by atoms with Crippen LogP contribution in [0.1, 0.15) is 16.6 Å². The molecule has 0 saturated carbocycles. The van der Waals surface area contributed by atoms with Crippen molar-refractivity contribution in [2.75, 3.05) is 0 Å². The molecule has 0 aliphatic carbocycles. The van der Waals surface area contributed by atoms with Gasteiger partial charge in [0.2, 0.25) is 6.29 Å². The van der Waals surface area contributed by atoms with Crippen molar-refractivity contribution in [3.63, 3.8) is 0 Å². The molecule has 0 spiro atoms. The third-order valence-corrected chi connectivity index (χ3v) is 2.29. The van der Waals surface area contributed by atoms with Crippen molar-refractivity contribution in [3.8, 4) is 11.5 Å². The van der Waals surface area contributed by atoms with Crippen LogP contribution >= 0.6 is 11.3 Å². The van der Waals surface area contributed by atoms with Crippen molar-refractivity contribution in [1.29, 1.82) is 0 Å². The highest BCUT2D eigenvalue weighted by atomic mass is 32.1. The van der Waals surface area contributed by atoms with Crippen LogP contribution in [0.15, 0.2) is 5.38 Å². The Morgan fingerprint density at radius 3 is 3.18 bits per heavy atom. The molecule has 0 fully saturated rings. The second-order valence-electron chi connectivity index (χ2n) is 2.21. The fourth-order valence-electron chi connectivity index (χ4n) is 0.993. The summed E-state index contributed by atoms with van der Waals surface area (Å²) in [6.07, 6.45) is 0.525. The maximum absolute atomic E-state index is 10.4. The van der Waals surface area contributed by atoms with E-state index in [1.54, 1.807) is 12.3 Å². The summed E-state index contributed by atoms with van der Waals surface area (Å²) in [6, 6.07) is 0. The molecular weight excluding hydrogens is 164 g/mol. The molecule has 2 rings (SSSR count). The van der Waals surface area contributed by atoms with E-state index < -0.39 is 0 Å². The molecule has 1 aromatic rings. The Morgan fingerprint density at radius 2 is 2.45 bits per heavy atom. The standard InChI is InChI=1S/C7H6O3S/c1-4-9-5-3-11-6(2-8)7(5)10-4/h2-4H,1H3. The zero-order chi connectivity index (χ0) is 7.84. The average Bonchev–Trinajstić information content (AvgIpc) is 2.45. The lowest BCUT2D eigenvalue weighted by atomic mass is 10.4. The average molecular weight is 170 g/mol. The highest BCUT2D eigenvalue weighted by Crippen LogP contribution is 2.41. The molecule has 11 heavy (non-hydrogen) atoms. The van der Waals surface area contributed by atoms with E-state index in [4.69, 9.17) is 9.47 Å². The molecule has 0 radical (unpaired) electrons. The lowest BCUT2D eigenvalue weighted by Gasteiger charge is -2.01. The van der Waals surface area contributed by atoms with Crippen LogP contribution in [0.4, 0.5) is 0 Å². The van der Waals surface area contributed by atoms with Crippen molar-refractivity contribution in [2.24, 2.45) is 0 Å². The van der Waals surface area contributed by atoms with Gasteiger partial charge in [-0.3, -0.25) is 4.79 Å². The second kappa shape index (κ2) is 2.23. The van der Waals surface area contributed by atoms with Crippen LogP contribution in [-0.4, -0.2) is 12.6 Å². The van der Waals surface area contributed by atoms with Gasteiger partial charge in [-0.2, -0.15) is 0 Å². The summed E-state index contributed by atoms with van der Waals surface area (Å²) in [7, 11) is 0. The van der Waals surface area contributed by atoms with E-state index in [0.29, 0.717) is 16.4 Å². The normalized spacial score (nSPS) is 20.3. The first-order valence-corrected chi connectivity index (χ1v) is 4.09. The lowest BCUT2D eigenvalue weighted by molar-refractivity contribution is 0.0673. The van der Waals surface area contributed by atoms with Gasteiger partial charge in [0.15, 0.2) is 17.8 Å². The van der Waals surface area contributed by atoms with Crippen LogP contribution in [0.5, 0.6) is 11.5 Å². The minimum Gasteiger partial charge on any atom is -0.450 e. The molecule has 1 unspecified atom stereocenters. The maximum atomic E-state index is 10.4. The van der Waals surface area contributed by atoms with Crippen LogP contribution in [0, 0.1) is 0 Å². The summed E-state index contributed by atoms with van der Waals surface area (Å²) in [5.41, 5.74) is 0. The number of aldehydes is 1. The number of fused-ring (bicyclic) bond motifs is 1. The first kappa shape index (κ1) is 6.67. The first-order valence-electron chi connectivity index (χ1n) is 3.21. The van der Waals surface area contributed by atoms with Gasteiger partial charge in [0, 0.05) is 12.3 Å². The van der Waals surface area contributed by atoms with Gasteiger partial charge in [-0.25, -0.2) is 0 Å². The fraction of sp³-hybridized carbons (Fsp3) is 0.286. The van der Waals surface area contributed by atoms with E-state index in [0.717, 1.165) is 6.29 Å². The molecule has 1 atom stereocenters. The summed E-state index contributed by atoms with van der Waals surface area (Å²) >= 11 is 1.34. The minimum absolute atomic E-state index is 0.257. The van der Waals surface area contributed by atoms with Crippen molar-refractivity contribution in [3.05, 3.63) is 10.3 Å². The predicted molar refractivity (Wildman–Crippen MR) is 40.4 cm³/mol. The molecule has 58 valence electrons. The Bertz CT molecular complexity index is 292. The Kier molecular flexibility index (Phi) is 1.35. The van der Waals surface area contributed by atoms with E-state index in [1.165, 1.54) is 11.3 Å². The monoisotopic (exact) mass is 170 g/mol. The molecule has 1 aliphatic heterocycles. The largest absolute Gasteiger partial charge is 0.450 e. The molecule has 0 aromatic carbocycles. The van der Waals surface area contributed by atoms with Gasteiger partial charge >= 0.3 is 0 Å². The summed E-state index contributed by atoms with van der Waals surface area (Å²) in [4.78, 5) is 11.0. The molecule has 0 bridgehead atoms.